The van der Waals surface area contributed by atoms with E-state index in [1.165, 1.54) is 9.47 Å². The first-order chi connectivity index (χ1) is 15.6. The Balaban J connectivity index is 1.76. The standard InChI is InChI=1S/C21H33N7O5/c1-4-6-11-27-16(22)15(17(30)23-19(27)32)26(5-2)12-14(29)25-28-18(31)21(24-20(28)33)9-7-13(3)8-10-21/h13H,4-12,22H2,1-3H3,(H,24,33)(H,25,29)(H,23,30,32). The van der Waals surface area contributed by atoms with Crippen molar-refractivity contribution in [1.29, 1.82) is 0 Å². The Hall–Kier alpha value is -3.31. The minimum atomic E-state index is -0.975. The lowest BCUT2D eigenvalue weighted by molar-refractivity contribution is -0.139. The third kappa shape index (κ3) is 4.74. The number of anilines is 2. The van der Waals surface area contributed by atoms with E-state index in [-0.39, 0.29) is 24.6 Å². The molecule has 1 saturated carbocycles. The summed E-state index contributed by atoms with van der Waals surface area (Å²) in [6, 6.07) is -0.670. The van der Waals surface area contributed by atoms with Crippen molar-refractivity contribution < 1.29 is 14.4 Å². The summed E-state index contributed by atoms with van der Waals surface area (Å²) in [7, 11) is 0. The molecule has 2 fully saturated rings. The lowest BCUT2D eigenvalue weighted by Crippen LogP contribution is -2.53. The summed E-state index contributed by atoms with van der Waals surface area (Å²) >= 11 is 0. The molecule has 1 aromatic rings. The van der Waals surface area contributed by atoms with Gasteiger partial charge in [0.15, 0.2) is 0 Å². The van der Waals surface area contributed by atoms with E-state index in [0.717, 1.165) is 24.3 Å². The van der Waals surface area contributed by atoms with Crippen LogP contribution >= 0.6 is 0 Å². The van der Waals surface area contributed by atoms with Crippen LogP contribution in [-0.4, -0.2) is 51.0 Å². The van der Waals surface area contributed by atoms with Gasteiger partial charge in [-0.2, -0.15) is 5.01 Å². The Morgan fingerprint density at radius 3 is 2.48 bits per heavy atom. The number of likely N-dealkylation sites (N-methyl/N-ethyl adjacent to an activating group) is 1. The van der Waals surface area contributed by atoms with E-state index in [9.17, 15) is 24.0 Å². The van der Waals surface area contributed by atoms with Gasteiger partial charge in [-0.05, 0) is 44.9 Å². The topological polar surface area (TPSA) is 163 Å². The van der Waals surface area contributed by atoms with Crippen LogP contribution in [0.15, 0.2) is 9.59 Å². The molecule has 1 spiro atoms. The summed E-state index contributed by atoms with van der Waals surface area (Å²) in [5.74, 6) is -0.684. The minimum absolute atomic E-state index is 0.00158. The number of imide groups is 1. The van der Waals surface area contributed by atoms with E-state index in [4.69, 9.17) is 5.73 Å². The number of unbranched alkanes of at least 4 members (excludes halogenated alkanes) is 1. The van der Waals surface area contributed by atoms with Gasteiger partial charge < -0.3 is 16.0 Å². The van der Waals surface area contributed by atoms with Gasteiger partial charge in [0.25, 0.3) is 17.4 Å². The number of aromatic amines is 1. The van der Waals surface area contributed by atoms with Crippen LogP contribution in [0, 0.1) is 5.92 Å². The molecule has 0 bridgehead atoms. The number of carbonyl (C=O) groups excluding carboxylic acids is 3. The van der Waals surface area contributed by atoms with Crippen LogP contribution in [0.4, 0.5) is 16.3 Å². The average molecular weight is 464 g/mol. The fourth-order valence-electron chi connectivity index (χ4n) is 4.42. The Morgan fingerprint density at radius 1 is 1.21 bits per heavy atom. The van der Waals surface area contributed by atoms with Gasteiger partial charge in [-0.15, -0.1) is 0 Å². The number of nitrogen functional groups attached to an aromatic ring is 1. The van der Waals surface area contributed by atoms with E-state index in [0.29, 0.717) is 31.7 Å². The van der Waals surface area contributed by atoms with Gasteiger partial charge in [-0.3, -0.25) is 29.4 Å². The van der Waals surface area contributed by atoms with Gasteiger partial charge >= 0.3 is 11.7 Å². The maximum atomic E-state index is 13.0. The second kappa shape index (κ2) is 9.67. The number of carbonyl (C=O) groups is 3. The van der Waals surface area contributed by atoms with E-state index < -0.39 is 34.6 Å². The zero-order chi connectivity index (χ0) is 24.3. The number of hydrogen-bond acceptors (Lipinski definition) is 7. The van der Waals surface area contributed by atoms with Crippen molar-refractivity contribution in [2.45, 2.75) is 71.4 Å². The van der Waals surface area contributed by atoms with Crippen molar-refractivity contribution in [3.8, 4) is 0 Å². The zero-order valence-electron chi connectivity index (χ0n) is 19.4. The van der Waals surface area contributed by atoms with Crippen LogP contribution in [0.1, 0.15) is 59.3 Å². The number of hydrogen-bond donors (Lipinski definition) is 4. The Bertz CT molecular complexity index is 1040. The van der Waals surface area contributed by atoms with Crippen molar-refractivity contribution in [1.82, 2.24) is 25.3 Å². The van der Waals surface area contributed by atoms with E-state index in [1.807, 2.05) is 6.92 Å². The van der Waals surface area contributed by atoms with E-state index in [2.05, 4.69) is 22.7 Å². The SMILES string of the molecule is CCCCn1c(N)c(N(CC)CC(=O)NN2C(=O)NC3(CCC(C)CC3)C2=O)c(=O)[nH]c1=O. The smallest absolute Gasteiger partial charge is 0.344 e. The summed E-state index contributed by atoms with van der Waals surface area (Å²) in [5, 5.41) is 3.47. The first-order valence-electron chi connectivity index (χ1n) is 11.5. The van der Waals surface area contributed by atoms with Crippen molar-refractivity contribution >= 4 is 29.4 Å². The molecule has 33 heavy (non-hydrogen) atoms. The van der Waals surface area contributed by atoms with Crippen molar-refractivity contribution in [3.63, 3.8) is 0 Å². The molecule has 1 saturated heterocycles. The molecule has 1 aliphatic heterocycles. The molecule has 0 atom stereocenters. The maximum absolute atomic E-state index is 13.0. The van der Waals surface area contributed by atoms with E-state index in [1.54, 1.807) is 6.92 Å². The lowest BCUT2D eigenvalue weighted by Gasteiger charge is -2.33. The normalized spacial score (nSPS) is 22.5. The van der Waals surface area contributed by atoms with Crippen molar-refractivity contribution in [2.75, 3.05) is 23.7 Å². The fourth-order valence-corrected chi connectivity index (χ4v) is 4.42. The highest BCUT2D eigenvalue weighted by Gasteiger charge is 2.52. The first-order valence-corrected chi connectivity index (χ1v) is 11.5. The van der Waals surface area contributed by atoms with Gasteiger partial charge in [-0.1, -0.05) is 20.3 Å². The van der Waals surface area contributed by atoms with E-state index >= 15 is 0 Å². The molecule has 1 aromatic heterocycles. The van der Waals surface area contributed by atoms with Crippen LogP contribution in [0.25, 0.3) is 0 Å². The molecule has 12 nitrogen and oxygen atoms in total. The number of nitrogens with two attached hydrogens (primary N) is 1. The molecule has 5 N–H and O–H groups in total. The Labute approximate surface area is 191 Å². The quantitative estimate of drug-likeness (QED) is 0.402. The average Bonchev–Trinajstić information content (AvgIpc) is 2.99. The number of amides is 4. The van der Waals surface area contributed by atoms with Gasteiger partial charge in [0.05, 0.1) is 6.54 Å². The molecular weight excluding hydrogens is 430 g/mol. The van der Waals surface area contributed by atoms with Crippen molar-refractivity contribution in [2.24, 2.45) is 5.92 Å². The van der Waals surface area contributed by atoms with Gasteiger partial charge in [0, 0.05) is 13.1 Å². The van der Waals surface area contributed by atoms with Crippen LogP contribution < -0.4 is 32.6 Å². The monoisotopic (exact) mass is 463 g/mol. The summed E-state index contributed by atoms with van der Waals surface area (Å²) < 4.78 is 1.27. The Morgan fingerprint density at radius 2 is 1.88 bits per heavy atom. The highest BCUT2D eigenvalue weighted by molar-refractivity contribution is 6.08. The largest absolute Gasteiger partial charge is 0.383 e. The number of hydrazine groups is 1. The molecule has 12 heteroatoms. The third-order valence-electron chi connectivity index (χ3n) is 6.51. The van der Waals surface area contributed by atoms with Crippen LogP contribution in [0.3, 0.4) is 0 Å². The van der Waals surface area contributed by atoms with Crippen molar-refractivity contribution in [3.05, 3.63) is 20.8 Å². The Kier molecular flexibility index (Phi) is 7.13. The summed E-state index contributed by atoms with van der Waals surface area (Å²) in [6.45, 7) is 6.01. The molecule has 4 amide bonds. The van der Waals surface area contributed by atoms with Gasteiger partial charge in [0.2, 0.25) is 0 Å². The fraction of sp³-hybridized carbons (Fsp3) is 0.667. The predicted octanol–water partition coefficient (Wildman–Crippen LogP) is 0.277. The maximum Gasteiger partial charge on any atom is 0.344 e. The molecule has 182 valence electrons. The van der Waals surface area contributed by atoms with Crippen LogP contribution in [-0.2, 0) is 16.1 Å². The summed E-state index contributed by atoms with van der Waals surface area (Å²) in [5.41, 5.74) is 6.21. The molecule has 2 heterocycles. The molecule has 0 aromatic carbocycles. The predicted molar refractivity (Wildman–Crippen MR) is 122 cm³/mol. The second-order valence-electron chi connectivity index (χ2n) is 8.88. The molecule has 3 rings (SSSR count). The number of urea groups is 1. The van der Waals surface area contributed by atoms with Crippen LogP contribution in [0.5, 0.6) is 0 Å². The molecule has 2 aliphatic rings. The molecule has 1 aliphatic carbocycles. The highest BCUT2D eigenvalue weighted by atomic mass is 16.2. The number of rotatable bonds is 8. The van der Waals surface area contributed by atoms with Gasteiger partial charge in [0.1, 0.15) is 17.0 Å². The minimum Gasteiger partial charge on any atom is -0.383 e. The molecule has 0 radical (unpaired) electrons. The molecular formula is C21H33N7O5. The lowest BCUT2D eigenvalue weighted by atomic mass is 9.77. The highest BCUT2D eigenvalue weighted by Crippen LogP contribution is 2.35. The van der Waals surface area contributed by atoms with Gasteiger partial charge in [-0.25, -0.2) is 9.59 Å². The third-order valence-corrected chi connectivity index (χ3v) is 6.51. The van der Waals surface area contributed by atoms with Crippen LogP contribution in [0.2, 0.25) is 0 Å². The number of aromatic nitrogens is 2. The molecule has 0 unspecified atom stereocenters. The zero-order valence-corrected chi connectivity index (χ0v) is 19.4. The first kappa shape index (κ1) is 24.3. The number of H-pyrrole nitrogens is 1. The summed E-state index contributed by atoms with van der Waals surface area (Å²) in [4.78, 5) is 66.5. The number of nitrogens with one attached hydrogen (secondary N) is 3. The number of nitrogens with zero attached hydrogens (tertiary/aromatic N) is 3. The second-order valence-corrected chi connectivity index (χ2v) is 8.88. The summed E-state index contributed by atoms with van der Waals surface area (Å²) in [6.07, 6.45) is 4.19.